The normalized spacial score (nSPS) is 10.0. The van der Waals surface area contributed by atoms with E-state index in [-0.39, 0.29) is 45.0 Å². The topological polar surface area (TPSA) is 100 Å². The van der Waals surface area contributed by atoms with E-state index < -0.39 is 17.9 Å². The fourth-order valence-corrected chi connectivity index (χ4v) is 2.85. The van der Waals surface area contributed by atoms with Crippen LogP contribution in [0.2, 0.25) is 15.1 Å². The van der Waals surface area contributed by atoms with Gasteiger partial charge in [0.25, 0.3) is 0 Å². The second kappa shape index (κ2) is 8.75. The van der Waals surface area contributed by atoms with E-state index in [1.807, 2.05) is 0 Å². The predicted octanol–water partition coefficient (Wildman–Crippen LogP) is 3.60. The van der Waals surface area contributed by atoms with Crippen LogP contribution < -0.4 is 0 Å². The minimum atomic E-state index is -1.62. The van der Waals surface area contributed by atoms with Crippen LogP contribution in [0.3, 0.4) is 0 Å². The SMILES string of the molecule is CCOC(=O)C(C(=O)OCC)c1c(Cl)c(Cl)c(C#N)c(C#N)c1Cl. The number of nitrogens with zero attached hydrogens (tertiary/aromatic N) is 2. The number of hydrogen-bond donors (Lipinski definition) is 0. The van der Waals surface area contributed by atoms with Crippen LogP contribution in [0.4, 0.5) is 0 Å². The molecule has 0 saturated carbocycles. The maximum absolute atomic E-state index is 12.2. The zero-order valence-corrected chi connectivity index (χ0v) is 14.9. The monoisotopic (exact) mass is 388 g/mol. The highest BCUT2D eigenvalue weighted by Gasteiger charge is 2.38. The molecule has 0 aliphatic heterocycles. The Balaban J connectivity index is 3.75. The van der Waals surface area contributed by atoms with E-state index in [9.17, 15) is 14.9 Å². The predicted molar refractivity (Wildman–Crippen MR) is 86.9 cm³/mol. The fraction of sp³-hybridized carbons (Fsp3) is 0.333. The number of ether oxygens (including phenoxy) is 2. The van der Waals surface area contributed by atoms with Crippen molar-refractivity contribution in [2.24, 2.45) is 0 Å². The molecule has 0 fully saturated rings. The Morgan fingerprint density at radius 2 is 1.33 bits per heavy atom. The Morgan fingerprint density at radius 3 is 1.71 bits per heavy atom. The van der Waals surface area contributed by atoms with Gasteiger partial charge in [0.05, 0.1) is 39.4 Å². The Hall–Kier alpha value is -1.99. The van der Waals surface area contributed by atoms with E-state index in [0.29, 0.717) is 0 Å². The number of hydrogen-bond acceptors (Lipinski definition) is 6. The smallest absolute Gasteiger partial charge is 0.325 e. The third-order valence-corrected chi connectivity index (χ3v) is 4.17. The van der Waals surface area contributed by atoms with Gasteiger partial charge in [-0.15, -0.1) is 0 Å². The van der Waals surface area contributed by atoms with E-state index in [1.54, 1.807) is 26.0 Å². The van der Waals surface area contributed by atoms with Crippen LogP contribution in [-0.2, 0) is 19.1 Å². The highest BCUT2D eigenvalue weighted by molar-refractivity contribution is 6.45. The third-order valence-electron chi connectivity index (χ3n) is 2.91. The van der Waals surface area contributed by atoms with Crippen LogP contribution >= 0.6 is 34.8 Å². The molecular weight excluding hydrogens is 379 g/mol. The summed E-state index contributed by atoms with van der Waals surface area (Å²) in [6.07, 6.45) is 0. The minimum absolute atomic E-state index is 0.000898. The quantitative estimate of drug-likeness (QED) is 0.433. The Morgan fingerprint density at radius 1 is 0.917 bits per heavy atom. The van der Waals surface area contributed by atoms with Crippen LogP contribution in [0.25, 0.3) is 0 Å². The van der Waals surface area contributed by atoms with Gasteiger partial charge in [-0.25, -0.2) is 0 Å². The van der Waals surface area contributed by atoms with E-state index in [2.05, 4.69) is 0 Å². The molecule has 0 heterocycles. The molecule has 0 aliphatic rings. The van der Waals surface area contributed by atoms with Gasteiger partial charge in [0.1, 0.15) is 12.1 Å². The van der Waals surface area contributed by atoms with E-state index in [0.717, 1.165) is 0 Å². The lowest BCUT2D eigenvalue weighted by atomic mass is 9.94. The number of carbonyl (C=O) groups is 2. The van der Waals surface area contributed by atoms with Crippen molar-refractivity contribution in [1.29, 1.82) is 10.5 Å². The molecule has 9 heteroatoms. The van der Waals surface area contributed by atoms with Crippen molar-refractivity contribution in [3.63, 3.8) is 0 Å². The van der Waals surface area contributed by atoms with Gasteiger partial charge < -0.3 is 9.47 Å². The number of nitriles is 2. The van der Waals surface area contributed by atoms with Crippen molar-refractivity contribution < 1.29 is 19.1 Å². The van der Waals surface area contributed by atoms with E-state index >= 15 is 0 Å². The molecule has 0 saturated heterocycles. The highest BCUT2D eigenvalue weighted by atomic mass is 35.5. The summed E-state index contributed by atoms with van der Waals surface area (Å²) in [5.74, 6) is -3.53. The summed E-state index contributed by atoms with van der Waals surface area (Å²) in [5, 5.41) is 17.4. The van der Waals surface area contributed by atoms with E-state index in [4.69, 9.17) is 49.5 Å². The summed E-state index contributed by atoms with van der Waals surface area (Å²) in [7, 11) is 0. The standard InChI is InChI=1S/C15H11Cl3N2O4/c1-3-23-14(21)10(15(22)24-4-2)9-11(16)7(5-19)8(6-20)12(17)13(9)18/h10H,3-4H2,1-2H3. The van der Waals surface area contributed by atoms with Crippen molar-refractivity contribution in [1.82, 2.24) is 0 Å². The lowest BCUT2D eigenvalue weighted by Gasteiger charge is -2.19. The van der Waals surface area contributed by atoms with Crippen molar-refractivity contribution in [3.05, 3.63) is 31.8 Å². The zero-order valence-electron chi connectivity index (χ0n) is 12.7. The summed E-state index contributed by atoms with van der Waals surface area (Å²) in [6.45, 7) is 3.10. The van der Waals surface area contributed by atoms with Gasteiger partial charge in [-0.2, -0.15) is 10.5 Å². The van der Waals surface area contributed by atoms with Gasteiger partial charge in [-0.3, -0.25) is 9.59 Å². The molecule has 0 unspecified atom stereocenters. The van der Waals surface area contributed by atoms with Crippen molar-refractivity contribution in [2.75, 3.05) is 13.2 Å². The Labute approximate surface area is 153 Å². The molecule has 0 atom stereocenters. The highest BCUT2D eigenvalue weighted by Crippen LogP contribution is 2.42. The molecule has 1 rings (SSSR count). The Kier molecular flexibility index (Phi) is 7.31. The Bertz CT molecular complexity index is 748. The molecule has 0 bridgehead atoms. The van der Waals surface area contributed by atoms with Crippen LogP contribution in [0.5, 0.6) is 0 Å². The first-order chi connectivity index (χ1) is 11.3. The molecule has 0 amide bonds. The van der Waals surface area contributed by atoms with Gasteiger partial charge >= 0.3 is 11.9 Å². The number of rotatable bonds is 5. The van der Waals surface area contributed by atoms with Crippen molar-refractivity contribution in [2.45, 2.75) is 19.8 Å². The average Bonchev–Trinajstić information content (AvgIpc) is 2.54. The van der Waals surface area contributed by atoms with Crippen LogP contribution in [0.15, 0.2) is 0 Å². The number of carbonyl (C=O) groups excluding carboxylic acids is 2. The summed E-state index contributed by atoms with van der Waals surface area (Å²) >= 11 is 18.2. The molecule has 0 spiro atoms. The third kappa shape index (κ3) is 3.73. The molecule has 24 heavy (non-hydrogen) atoms. The fourth-order valence-electron chi connectivity index (χ4n) is 1.93. The first-order valence-electron chi connectivity index (χ1n) is 6.69. The molecule has 1 aromatic carbocycles. The van der Waals surface area contributed by atoms with Gasteiger partial charge in [0, 0.05) is 5.56 Å². The first kappa shape index (κ1) is 20.1. The largest absolute Gasteiger partial charge is 0.465 e. The second-order valence-corrected chi connectivity index (χ2v) is 5.40. The van der Waals surface area contributed by atoms with Crippen molar-refractivity contribution in [3.8, 4) is 12.1 Å². The van der Waals surface area contributed by atoms with Gasteiger partial charge in [-0.05, 0) is 13.8 Å². The minimum Gasteiger partial charge on any atom is -0.465 e. The molecule has 6 nitrogen and oxygen atoms in total. The summed E-state index contributed by atoms with van der Waals surface area (Å²) in [4.78, 5) is 24.4. The van der Waals surface area contributed by atoms with E-state index in [1.165, 1.54) is 0 Å². The van der Waals surface area contributed by atoms with Gasteiger partial charge in [-0.1, -0.05) is 34.8 Å². The van der Waals surface area contributed by atoms with Crippen LogP contribution in [-0.4, -0.2) is 25.2 Å². The second-order valence-electron chi connectivity index (χ2n) is 4.27. The summed E-state index contributed by atoms with van der Waals surface area (Å²) < 4.78 is 9.72. The summed E-state index contributed by atoms with van der Waals surface area (Å²) in [6, 6.07) is 3.43. The molecule has 0 aliphatic carbocycles. The van der Waals surface area contributed by atoms with Crippen LogP contribution in [0.1, 0.15) is 36.5 Å². The number of benzene rings is 1. The zero-order chi connectivity index (χ0) is 18.4. The van der Waals surface area contributed by atoms with Crippen LogP contribution in [0, 0.1) is 22.7 Å². The maximum Gasteiger partial charge on any atom is 0.325 e. The maximum atomic E-state index is 12.2. The van der Waals surface area contributed by atoms with Gasteiger partial charge in [0.2, 0.25) is 0 Å². The molecule has 0 N–H and O–H groups in total. The lowest BCUT2D eigenvalue weighted by molar-refractivity contribution is -0.156. The number of esters is 2. The molecule has 0 aromatic heterocycles. The molecular formula is C15H11Cl3N2O4. The lowest BCUT2D eigenvalue weighted by Crippen LogP contribution is -2.27. The number of halogens is 3. The average molecular weight is 390 g/mol. The van der Waals surface area contributed by atoms with Gasteiger partial charge in [0.15, 0.2) is 5.92 Å². The molecule has 1 aromatic rings. The molecule has 0 radical (unpaired) electrons. The summed E-state index contributed by atoms with van der Waals surface area (Å²) in [5.41, 5.74) is -0.762. The van der Waals surface area contributed by atoms with Crippen molar-refractivity contribution >= 4 is 46.7 Å². The first-order valence-corrected chi connectivity index (χ1v) is 7.82. The molecule has 126 valence electrons.